The van der Waals surface area contributed by atoms with E-state index in [1.165, 1.54) is 0 Å². The molecule has 0 bridgehead atoms. The molecular formula is C18H38O2. The van der Waals surface area contributed by atoms with E-state index >= 15 is 0 Å². The van der Waals surface area contributed by atoms with Gasteiger partial charge in [0.05, 0.1) is 5.60 Å². The average molecular weight is 286 g/mol. The molecule has 0 fully saturated rings. The van der Waals surface area contributed by atoms with Gasteiger partial charge in [-0.05, 0) is 28.6 Å². The summed E-state index contributed by atoms with van der Waals surface area (Å²) in [5.41, 5.74) is -3.23. The summed E-state index contributed by atoms with van der Waals surface area (Å²) in [6.45, 7) is 22.6. The Morgan fingerprint density at radius 1 is 0.750 bits per heavy atom. The third-order valence-electron chi connectivity index (χ3n) is 5.45. The van der Waals surface area contributed by atoms with Crippen LogP contribution in [0.2, 0.25) is 0 Å². The summed E-state index contributed by atoms with van der Waals surface area (Å²) >= 11 is 0. The molecule has 122 valence electrons. The number of rotatable bonds is 3. The Kier molecular flexibility index (Phi) is 5.26. The zero-order valence-corrected chi connectivity index (χ0v) is 15.7. The van der Waals surface area contributed by atoms with Crippen molar-refractivity contribution in [3.05, 3.63) is 0 Å². The van der Waals surface area contributed by atoms with Crippen LogP contribution >= 0.6 is 0 Å². The van der Waals surface area contributed by atoms with Gasteiger partial charge in [-0.15, -0.1) is 0 Å². The summed E-state index contributed by atoms with van der Waals surface area (Å²) in [7, 11) is 0. The van der Waals surface area contributed by atoms with Crippen molar-refractivity contribution in [1.29, 1.82) is 0 Å². The van der Waals surface area contributed by atoms with E-state index in [-0.39, 0.29) is 11.3 Å². The summed E-state index contributed by atoms with van der Waals surface area (Å²) < 4.78 is 0. The molecule has 0 aliphatic heterocycles. The Morgan fingerprint density at radius 2 is 1.10 bits per heavy atom. The van der Waals surface area contributed by atoms with Gasteiger partial charge in [0.1, 0.15) is 5.60 Å². The fourth-order valence-electron chi connectivity index (χ4n) is 3.63. The first-order valence-corrected chi connectivity index (χ1v) is 7.91. The Hall–Kier alpha value is -0.0800. The summed E-state index contributed by atoms with van der Waals surface area (Å²) in [6.07, 6.45) is 0.532. The maximum Gasteiger partial charge on any atom is 0.102 e. The van der Waals surface area contributed by atoms with Crippen LogP contribution < -0.4 is 0 Å². The topological polar surface area (TPSA) is 40.5 Å². The zero-order valence-electron chi connectivity index (χ0n) is 15.7. The largest absolute Gasteiger partial charge is 0.386 e. The van der Waals surface area contributed by atoms with E-state index in [4.69, 9.17) is 0 Å². The van der Waals surface area contributed by atoms with Gasteiger partial charge in [0.25, 0.3) is 0 Å². The molecular weight excluding hydrogens is 248 g/mol. The minimum atomic E-state index is -1.18. The van der Waals surface area contributed by atoms with E-state index in [1.54, 1.807) is 0 Å². The first-order chi connectivity index (χ1) is 8.47. The monoisotopic (exact) mass is 286 g/mol. The fourth-order valence-corrected chi connectivity index (χ4v) is 3.63. The SMILES string of the molecule is CCC(O)(C(C)(C)C)C(O)(C(C)C(C)(C)C)C(C)(C)C. The standard InChI is InChI=1S/C18H38O2/c1-12-17(19,15(6,7)8)18(20,16(9,10)11)13(2)14(3,4)5/h13,19-20H,12H2,1-11H3. The van der Waals surface area contributed by atoms with Gasteiger partial charge >= 0.3 is 0 Å². The summed E-state index contributed by atoms with van der Waals surface area (Å²) in [4.78, 5) is 0. The van der Waals surface area contributed by atoms with Crippen molar-refractivity contribution in [2.45, 2.75) is 93.8 Å². The van der Waals surface area contributed by atoms with Gasteiger partial charge in [0.15, 0.2) is 0 Å². The average Bonchev–Trinajstić information content (AvgIpc) is 2.21. The third-order valence-corrected chi connectivity index (χ3v) is 5.45. The van der Waals surface area contributed by atoms with Crippen molar-refractivity contribution in [1.82, 2.24) is 0 Å². The fraction of sp³-hybridized carbons (Fsp3) is 1.00. The van der Waals surface area contributed by atoms with Crippen molar-refractivity contribution in [2.24, 2.45) is 22.2 Å². The maximum atomic E-state index is 11.8. The second kappa shape index (κ2) is 5.28. The molecule has 0 aromatic rings. The van der Waals surface area contributed by atoms with Gasteiger partial charge in [-0.25, -0.2) is 0 Å². The number of aliphatic hydroxyl groups is 2. The predicted molar refractivity (Wildman–Crippen MR) is 87.7 cm³/mol. The second-order valence-corrected chi connectivity index (χ2v) is 9.57. The molecule has 0 rings (SSSR count). The molecule has 2 nitrogen and oxygen atoms in total. The highest BCUT2D eigenvalue weighted by Gasteiger charge is 2.64. The van der Waals surface area contributed by atoms with E-state index in [0.29, 0.717) is 6.42 Å². The molecule has 0 saturated carbocycles. The smallest absolute Gasteiger partial charge is 0.102 e. The normalized spacial score (nSPS) is 22.1. The van der Waals surface area contributed by atoms with Gasteiger partial charge in [-0.1, -0.05) is 76.2 Å². The van der Waals surface area contributed by atoms with E-state index in [9.17, 15) is 10.2 Å². The summed E-state index contributed by atoms with van der Waals surface area (Å²) in [5, 5.41) is 23.3. The van der Waals surface area contributed by atoms with Gasteiger partial charge in [-0.3, -0.25) is 0 Å². The van der Waals surface area contributed by atoms with Crippen molar-refractivity contribution in [3.8, 4) is 0 Å². The van der Waals surface area contributed by atoms with Crippen molar-refractivity contribution in [2.75, 3.05) is 0 Å². The Morgan fingerprint density at radius 3 is 1.25 bits per heavy atom. The minimum absolute atomic E-state index is 0.0424. The molecule has 0 aliphatic rings. The van der Waals surface area contributed by atoms with E-state index in [1.807, 2.05) is 48.5 Å². The molecule has 3 unspecified atom stereocenters. The van der Waals surface area contributed by atoms with Crippen LogP contribution in [0.5, 0.6) is 0 Å². The van der Waals surface area contributed by atoms with Crippen LogP contribution in [0.25, 0.3) is 0 Å². The predicted octanol–water partition coefficient (Wildman–Crippen LogP) is 4.63. The maximum absolute atomic E-state index is 11.8. The van der Waals surface area contributed by atoms with E-state index in [0.717, 1.165) is 0 Å². The quantitative estimate of drug-likeness (QED) is 0.794. The highest BCUT2D eigenvalue weighted by atomic mass is 16.4. The van der Waals surface area contributed by atoms with Gasteiger partial charge in [0, 0.05) is 0 Å². The zero-order chi connectivity index (χ0) is 16.8. The molecule has 0 aromatic carbocycles. The molecule has 0 heterocycles. The molecule has 2 heteroatoms. The lowest BCUT2D eigenvalue weighted by atomic mass is 9.49. The highest BCUT2D eigenvalue weighted by molar-refractivity contribution is 5.14. The number of hydrogen-bond donors (Lipinski definition) is 2. The molecule has 2 N–H and O–H groups in total. The van der Waals surface area contributed by atoms with E-state index in [2.05, 4.69) is 27.7 Å². The van der Waals surface area contributed by atoms with Crippen molar-refractivity contribution >= 4 is 0 Å². The van der Waals surface area contributed by atoms with Crippen LogP contribution in [0.3, 0.4) is 0 Å². The van der Waals surface area contributed by atoms with Crippen LogP contribution in [0, 0.1) is 22.2 Å². The first kappa shape index (κ1) is 19.9. The van der Waals surface area contributed by atoms with Gasteiger partial charge < -0.3 is 10.2 Å². The Labute approximate surface area is 127 Å². The van der Waals surface area contributed by atoms with Crippen LogP contribution in [-0.2, 0) is 0 Å². The minimum Gasteiger partial charge on any atom is -0.386 e. The van der Waals surface area contributed by atoms with Crippen molar-refractivity contribution in [3.63, 3.8) is 0 Å². The molecule has 0 amide bonds. The molecule has 0 aromatic heterocycles. The first-order valence-electron chi connectivity index (χ1n) is 7.91. The third kappa shape index (κ3) is 2.92. The Balaban J connectivity index is 6.33. The lowest BCUT2D eigenvalue weighted by Gasteiger charge is -2.61. The van der Waals surface area contributed by atoms with Crippen molar-refractivity contribution < 1.29 is 10.2 Å². The Bertz CT molecular complexity index is 327. The summed E-state index contributed by atoms with van der Waals surface area (Å²) in [6, 6.07) is 0. The number of hydrogen-bond acceptors (Lipinski definition) is 2. The second-order valence-electron chi connectivity index (χ2n) is 9.57. The lowest BCUT2D eigenvalue weighted by Crippen LogP contribution is -2.71. The molecule has 0 radical (unpaired) electrons. The van der Waals surface area contributed by atoms with Crippen LogP contribution in [-0.4, -0.2) is 21.4 Å². The molecule has 20 heavy (non-hydrogen) atoms. The van der Waals surface area contributed by atoms with Gasteiger partial charge in [0.2, 0.25) is 0 Å². The summed E-state index contributed by atoms with van der Waals surface area (Å²) in [5.74, 6) is -0.0424. The van der Waals surface area contributed by atoms with Crippen LogP contribution in [0.15, 0.2) is 0 Å². The molecule has 3 atom stereocenters. The van der Waals surface area contributed by atoms with Crippen LogP contribution in [0.4, 0.5) is 0 Å². The lowest BCUT2D eigenvalue weighted by molar-refractivity contribution is -0.280. The molecule has 0 aliphatic carbocycles. The molecule has 0 spiro atoms. The van der Waals surface area contributed by atoms with Crippen LogP contribution in [0.1, 0.15) is 82.6 Å². The van der Waals surface area contributed by atoms with Gasteiger partial charge in [-0.2, -0.15) is 0 Å². The highest BCUT2D eigenvalue weighted by Crippen LogP contribution is 2.56. The molecule has 0 saturated heterocycles. The van der Waals surface area contributed by atoms with E-state index < -0.39 is 22.0 Å².